The number of methoxy groups -OCH3 is 2. The molecule has 1 aromatic carbocycles. The maximum absolute atomic E-state index is 5.65. The Hall–Kier alpha value is -1.84. The first kappa shape index (κ1) is 23.4. The molecule has 0 fully saturated rings. The molecule has 1 aliphatic heterocycles. The minimum absolute atomic E-state index is 0.0614. The third-order valence-corrected chi connectivity index (χ3v) is 5.92. The van der Waals surface area contributed by atoms with Gasteiger partial charge in [0, 0.05) is 0 Å². The predicted octanol–water partition coefficient (Wildman–Crippen LogP) is 5.69. The summed E-state index contributed by atoms with van der Waals surface area (Å²) in [5.74, 6) is 2.81. The number of rotatable bonds is 6. The van der Waals surface area contributed by atoms with Crippen molar-refractivity contribution in [1.29, 1.82) is 0 Å². The Labute approximate surface area is 177 Å². The van der Waals surface area contributed by atoms with Crippen molar-refractivity contribution in [3.8, 4) is 0 Å². The molecule has 1 aromatic rings. The summed E-state index contributed by atoms with van der Waals surface area (Å²) in [6, 6.07) is 8.95. The minimum Gasteiger partial charge on any atom is -0.483 e. The fourth-order valence-electron chi connectivity index (χ4n) is 3.84. The molecule has 0 amide bonds. The van der Waals surface area contributed by atoms with Gasteiger partial charge in [-0.05, 0) is 47.1 Å². The maximum Gasteiger partial charge on any atom is 0.209 e. The lowest BCUT2D eigenvalue weighted by Gasteiger charge is -2.30. The Morgan fingerprint density at radius 1 is 0.897 bits per heavy atom. The van der Waals surface area contributed by atoms with Gasteiger partial charge < -0.3 is 9.47 Å². The van der Waals surface area contributed by atoms with Crippen molar-refractivity contribution in [1.82, 2.24) is 0 Å². The van der Waals surface area contributed by atoms with Gasteiger partial charge in [0.05, 0.1) is 14.2 Å². The summed E-state index contributed by atoms with van der Waals surface area (Å²) in [5, 5.41) is 0. The van der Waals surface area contributed by atoms with Crippen LogP contribution in [0.25, 0.3) is 0 Å². The molecule has 4 nitrogen and oxygen atoms in total. The molecular weight excluding hydrogens is 360 g/mol. The van der Waals surface area contributed by atoms with Crippen molar-refractivity contribution >= 4 is 11.8 Å². The SMILES string of the molecule is COC1=NC(C(C)C)C(OC)=NC1C[C@H](Cc1ccc(C(C)(C)C)cc1)C(C)C. The summed E-state index contributed by atoms with van der Waals surface area (Å²) in [7, 11) is 3.39. The van der Waals surface area contributed by atoms with E-state index in [2.05, 4.69) is 72.7 Å². The summed E-state index contributed by atoms with van der Waals surface area (Å²) in [6.45, 7) is 15.6. The van der Waals surface area contributed by atoms with Crippen LogP contribution in [-0.4, -0.2) is 38.1 Å². The monoisotopic (exact) mass is 400 g/mol. The third-order valence-electron chi connectivity index (χ3n) is 5.92. The second kappa shape index (κ2) is 9.77. The van der Waals surface area contributed by atoms with Crippen LogP contribution in [0, 0.1) is 17.8 Å². The Kier molecular flexibility index (Phi) is 7.90. The molecule has 0 aromatic heterocycles. The lowest BCUT2D eigenvalue weighted by Crippen LogP contribution is -2.38. The fourth-order valence-corrected chi connectivity index (χ4v) is 3.84. The molecule has 2 rings (SSSR count). The van der Waals surface area contributed by atoms with Crippen LogP contribution in [0.1, 0.15) is 66.0 Å². The Morgan fingerprint density at radius 2 is 1.48 bits per heavy atom. The molecule has 1 heterocycles. The molecule has 0 N–H and O–H groups in total. The largest absolute Gasteiger partial charge is 0.483 e. The quantitative estimate of drug-likeness (QED) is 0.616. The Balaban J connectivity index is 2.19. The van der Waals surface area contributed by atoms with Gasteiger partial charge in [0.1, 0.15) is 12.1 Å². The van der Waals surface area contributed by atoms with E-state index in [1.165, 1.54) is 11.1 Å². The molecule has 1 aliphatic rings. The lowest BCUT2D eigenvalue weighted by molar-refractivity contribution is 0.300. The van der Waals surface area contributed by atoms with E-state index in [4.69, 9.17) is 19.5 Å². The van der Waals surface area contributed by atoms with E-state index in [0.717, 1.165) is 24.6 Å². The van der Waals surface area contributed by atoms with Crippen LogP contribution in [0.15, 0.2) is 34.3 Å². The van der Waals surface area contributed by atoms with Crippen molar-refractivity contribution in [2.45, 2.75) is 78.8 Å². The Bertz CT molecular complexity index is 711. The van der Waals surface area contributed by atoms with Gasteiger partial charge in [-0.25, -0.2) is 9.98 Å². The smallest absolute Gasteiger partial charge is 0.209 e. The van der Waals surface area contributed by atoms with Crippen molar-refractivity contribution in [2.24, 2.45) is 27.7 Å². The molecule has 2 unspecified atom stereocenters. The third kappa shape index (κ3) is 6.07. The normalized spacial score (nSPS) is 21.1. The molecule has 3 atom stereocenters. The van der Waals surface area contributed by atoms with Gasteiger partial charge in [-0.2, -0.15) is 0 Å². The molecule has 0 saturated heterocycles. The maximum atomic E-state index is 5.65. The van der Waals surface area contributed by atoms with Gasteiger partial charge in [-0.3, -0.25) is 0 Å². The fraction of sp³-hybridized carbons (Fsp3) is 0.680. The zero-order valence-corrected chi connectivity index (χ0v) is 19.8. The molecule has 0 bridgehead atoms. The topological polar surface area (TPSA) is 43.2 Å². The van der Waals surface area contributed by atoms with E-state index < -0.39 is 0 Å². The number of aliphatic imine (C=N–C) groups is 2. The highest BCUT2D eigenvalue weighted by Crippen LogP contribution is 2.28. The number of hydrogen-bond acceptors (Lipinski definition) is 4. The number of ether oxygens (including phenoxy) is 2. The van der Waals surface area contributed by atoms with Crippen molar-refractivity contribution < 1.29 is 9.47 Å². The number of nitrogens with zero attached hydrogens (tertiary/aromatic N) is 2. The molecular formula is C25H40N2O2. The van der Waals surface area contributed by atoms with E-state index >= 15 is 0 Å². The standard InChI is InChI=1S/C25H40N2O2/c1-16(2)19(14-18-10-12-20(13-11-18)25(5,6)7)15-21-23(28-8)27-22(17(3)4)24(26-21)29-9/h10-13,16-17,19,21-22H,14-15H2,1-9H3/t19-,21?,22?/m0/s1. The molecule has 4 heteroatoms. The van der Waals surface area contributed by atoms with Crippen LogP contribution in [0.4, 0.5) is 0 Å². The van der Waals surface area contributed by atoms with Crippen LogP contribution >= 0.6 is 0 Å². The summed E-state index contributed by atoms with van der Waals surface area (Å²) < 4.78 is 11.2. The van der Waals surface area contributed by atoms with Gasteiger partial charge in [0.15, 0.2) is 0 Å². The van der Waals surface area contributed by atoms with Gasteiger partial charge >= 0.3 is 0 Å². The van der Waals surface area contributed by atoms with Crippen molar-refractivity contribution in [2.75, 3.05) is 14.2 Å². The van der Waals surface area contributed by atoms with Crippen LogP contribution in [0.3, 0.4) is 0 Å². The first-order valence-corrected chi connectivity index (χ1v) is 10.9. The zero-order chi connectivity index (χ0) is 21.8. The van der Waals surface area contributed by atoms with Crippen molar-refractivity contribution in [3.05, 3.63) is 35.4 Å². The van der Waals surface area contributed by atoms with Gasteiger partial charge in [-0.15, -0.1) is 0 Å². The summed E-state index contributed by atoms with van der Waals surface area (Å²) in [5.41, 5.74) is 2.93. The predicted molar refractivity (Wildman–Crippen MR) is 123 cm³/mol. The highest BCUT2D eigenvalue weighted by Gasteiger charge is 2.33. The molecule has 0 aliphatic carbocycles. The zero-order valence-electron chi connectivity index (χ0n) is 19.8. The first-order valence-electron chi connectivity index (χ1n) is 10.9. The first-order chi connectivity index (χ1) is 13.6. The van der Waals surface area contributed by atoms with Gasteiger partial charge in [0.2, 0.25) is 11.8 Å². The Morgan fingerprint density at radius 3 is 1.93 bits per heavy atom. The number of hydrogen-bond donors (Lipinski definition) is 0. The van der Waals surface area contributed by atoms with Gasteiger partial charge in [0.25, 0.3) is 0 Å². The van der Waals surface area contributed by atoms with Crippen LogP contribution in [-0.2, 0) is 21.3 Å². The molecule has 162 valence electrons. The van der Waals surface area contributed by atoms with Crippen LogP contribution in [0.2, 0.25) is 0 Å². The molecule has 0 saturated carbocycles. The summed E-state index contributed by atoms with van der Waals surface area (Å²) in [6.07, 6.45) is 1.93. The average Bonchev–Trinajstić information content (AvgIpc) is 2.66. The van der Waals surface area contributed by atoms with Crippen LogP contribution in [0.5, 0.6) is 0 Å². The number of benzene rings is 1. The van der Waals surface area contributed by atoms with E-state index in [9.17, 15) is 0 Å². The van der Waals surface area contributed by atoms with E-state index in [1.54, 1.807) is 14.2 Å². The average molecular weight is 401 g/mol. The van der Waals surface area contributed by atoms with Gasteiger partial charge in [-0.1, -0.05) is 72.7 Å². The van der Waals surface area contributed by atoms with E-state index in [-0.39, 0.29) is 17.5 Å². The second-order valence-corrected chi connectivity index (χ2v) is 9.94. The molecule has 0 radical (unpaired) electrons. The van der Waals surface area contributed by atoms with E-state index in [0.29, 0.717) is 17.8 Å². The lowest BCUT2D eigenvalue weighted by atomic mass is 9.82. The summed E-state index contributed by atoms with van der Waals surface area (Å²) >= 11 is 0. The molecule has 0 spiro atoms. The van der Waals surface area contributed by atoms with Crippen LogP contribution < -0.4 is 0 Å². The second-order valence-electron chi connectivity index (χ2n) is 9.94. The van der Waals surface area contributed by atoms with E-state index in [1.807, 2.05) is 0 Å². The molecule has 29 heavy (non-hydrogen) atoms. The highest BCUT2D eigenvalue weighted by molar-refractivity contribution is 5.94. The summed E-state index contributed by atoms with van der Waals surface area (Å²) in [4.78, 5) is 9.73. The highest BCUT2D eigenvalue weighted by atomic mass is 16.5. The van der Waals surface area contributed by atoms with Crippen molar-refractivity contribution in [3.63, 3.8) is 0 Å². The minimum atomic E-state index is -0.0776.